The summed E-state index contributed by atoms with van der Waals surface area (Å²) in [6, 6.07) is 6.20. The van der Waals surface area contributed by atoms with Crippen molar-refractivity contribution >= 4 is 5.91 Å². The number of amides is 1. The molecule has 122 valence electrons. The van der Waals surface area contributed by atoms with Crippen LogP contribution in [-0.2, 0) is 11.2 Å². The fourth-order valence-electron chi connectivity index (χ4n) is 2.74. The van der Waals surface area contributed by atoms with Gasteiger partial charge in [-0.05, 0) is 44.0 Å². The molecule has 0 spiro atoms. The van der Waals surface area contributed by atoms with E-state index in [1.165, 1.54) is 0 Å². The minimum atomic E-state index is 0.196. The first-order chi connectivity index (χ1) is 10.7. The van der Waals surface area contributed by atoms with Crippen LogP contribution in [0.4, 0.5) is 0 Å². The average molecular weight is 306 g/mol. The number of ether oxygens (including phenoxy) is 2. The van der Waals surface area contributed by atoms with E-state index in [4.69, 9.17) is 9.47 Å². The molecule has 1 amide bonds. The predicted molar refractivity (Wildman–Crippen MR) is 86.5 cm³/mol. The van der Waals surface area contributed by atoms with Gasteiger partial charge in [0.2, 0.25) is 5.91 Å². The number of hydrogen-bond acceptors (Lipinski definition) is 4. The van der Waals surface area contributed by atoms with Gasteiger partial charge in [-0.25, -0.2) is 0 Å². The van der Waals surface area contributed by atoms with Crippen LogP contribution in [0, 0.1) is 0 Å². The van der Waals surface area contributed by atoms with Crippen LogP contribution in [0.5, 0.6) is 11.5 Å². The molecule has 0 aromatic heterocycles. The molecule has 0 saturated carbocycles. The molecule has 1 heterocycles. The highest BCUT2D eigenvalue weighted by Crippen LogP contribution is 2.28. The first kappa shape index (κ1) is 16.6. The number of aryl methyl sites for hydroxylation is 1. The number of nitrogens with zero attached hydrogens (tertiary/aromatic N) is 1. The van der Waals surface area contributed by atoms with Crippen molar-refractivity contribution in [3.8, 4) is 11.5 Å². The Labute approximate surface area is 132 Å². The van der Waals surface area contributed by atoms with Gasteiger partial charge in [0.25, 0.3) is 0 Å². The van der Waals surface area contributed by atoms with Gasteiger partial charge in [0, 0.05) is 26.1 Å². The predicted octanol–water partition coefficient (Wildman–Crippen LogP) is 1.85. The molecule has 1 aliphatic heterocycles. The molecule has 1 fully saturated rings. The summed E-state index contributed by atoms with van der Waals surface area (Å²) in [6.45, 7) is 4.45. The van der Waals surface area contributed by atoms with Crippen molar-refractivity contribution in [2.24, 2.45) is 0 Å². The highest BCUT2D eigenvalue weighted by Gasteiger charge is 2.22. The molecule has 1 N–H and O–H groups in total. The van der Waals surface area contributed by atoms with Crippen LogP contribution >= 0.6 is 0 Å². The molecule has 1 aromatic carbocycles. The van der Waals surface area contributed by atoms with Gasteiger partial charge in [-0.15, -0.1) is 0 Å². The zero-order chi connectivity index (χ0) is 15.9. The summed E-state index contributed by atoms with van der Waals surface area (Å²) in [4.78, 5) is 14.2. The topological polar surface area (TPSA) is 50.8 Å². The van der Waals surface area contributed by atoms with E-state index < -0.39 is 0 Å². The number of rotatable bonds is 7. The summed E-state index contributed by atoms with van der Waals surface area (Å²) in [5, 5.41) is 3.29. The zero-order valence-corrected chi connectivity index (χ0v) is 13.7. The Hall–Kier alpha value is -1.75. The Bertz CT molecular complexity index is 499. The lowest BCUT2D eigenvalue weighted by atomic mass is 10.1. The standard InChI is InChI=1S/C17H26N2O3/c1-4-22-15-7-5-13(11-16(15)21-3)6-8-17(20)19(2)14-9-10-18-12-14/h5,7,11,14,18H,4,6,8-10,12H2,1-3H3. The van der Waals surface area contributed by atoms with Crippen molar-refractivity contribution in [1.82, 2.24) is 10.2 Å². The fraction of sp³-hybridized carbons (Fsp3) is 0.588. The molecule has 2 rings (SSSR count). The smallest absolute Gasteiger partial charge is 0.222 e. The van der Waals surface area contributed by atoms with Gasteiger partial charge in [0.15, 0.2) is 11.5 Å². The van der Waals surface area contributed by atoms with E-state index >= 15 is 0 Å². The minimum absolute atomic E-state index is 0.196. The van der Waals surface area contributed by atoms with Crippen molar-refractivity contribution in [3.05, 3.63) is 23.8 Å². The van der Waals surface area contributed by atoms with Gasteiger partial charge < -0.3 is 19.7 Å². The monoisotopic (exact) mass is 306 g/mol. The molecule has 5 heteroatoms. The van der Waals surface area contributed by atoms with E-state index in [1.807, 2.05) is 37.1 Å². The van der Waals surface area contributed by atoms with Gasteiger partial charge in [0.05, 0.1) is 13.7 Å². The summed E-state index contributed by atoms with van der Waals surface area (Å²) >= 11 is 0. The minimum Gasteiger partial charge on any atom is -0.493 e. The van der Waals surface area contributed by atoms with Crippen LogP contribution in [0.3, 0.4) is 0 Å². The number of carbonyl (C=O) groups excluding carboxylic acids is 1. The molecular formula is C17H26N2O3. The zero-order valence-electron chi connectivity index (χ0n) is 13.7. The molecule has 0 bridgehead atoms. The number of carbonyl (C=O) groups is 1. The first-order valence-electron chi connectivity index (χ1n) is 7.91. The molecule has 0 aliphatic carbocycles. The van der Waals surface area contributed by atoms with Crippen LogP contribution in [0.25, 0.3) is 0 Å². The van der Waals surface area contributed by atoms with Gasteiger partial charge in [-0.2, -0.15) is 0 Å². The normalized spacial score (nSPS) is 17.3. The Balaban J connectivity index is 1.91. The highest BCUT2D eigenvalue weighted by atomic mass is 16.5. The second-order valence-electron chi connectivity index (χ2n) is 5.57. The van der Waals surface area contributed by atoms with E-state index in [-0.39, 0.29) is 5.91 Å². The summed E-state index contributed by atoms with van der Waals surface area (Å²) in [5.41, 5.74) is 1.09. The quantitative estimate of drug-likeness (QED) is 0.835. The van der Waals surface area contributed by atoms with Gasteiger partial charge in [0.1, 0.15) is 0 Å². The first-order valence-corrected chi connectivity index (χ1v) is 7.91. The maximum Gasteiger partial charge on any atom is 0.222 e. The number of benzene rings is 1. The van der Waals surface area contributed by atoms with E-state index in [0.717, 1.165) is 36.6 Å². The van der Waals surface area contributed by atoms with E-state index in [0.29, 0.717) is 25.5 Å². The van der Waals surface area contributed by atoms with Gasteiger partial charge in [-0.1, -0.05) is 6.07 Å². The Morgan fingerprint density at radius 3 is 2.86 bits per heavy atom. The second-order valence-corrected chi connectivity index (χ2v) is 5.57. The molecule has 1 atom stereocenters. The molecule has 1 unspecified atom stereocenters. The molecule has 1 saturated heterocycles. The number of nitrogens with one attached hydrogen (secondary N) is 1. The highest BCUT2D eigenvalue weighted by molar-refractivity contribution is 5.76. The molecule has 22 heavy (non-hydrogen) atoms. The third-order valence-corrected chi connectivity index (χ3v) is 4.13. The second kappa shape index (κ2) is 8.03. The van der Waals surface area contributed by atoms with Gasteiger partial charge >= 0.3 is 0 Å². The Morgan fingerprint density at radius 2 is 2.23 bits per heavy atom. The van der Waals surface area contributed by atoms with E-state index in [1.54, 1.807) is 7.11 Å². The van der Waals surface area contributed by atoms with Crippen LogP contribution in [0.2, 0.25) is 0 Å². The summed E-state index contributed by atoms with van der Waals surface area (Å²) < 4.78 is 10.9. The lowest BCUT2D eigenvalue weighted by Gasteiger charge is -2.23. The SMILES string of the molecule is CCOc1ccc(CCC(=O)N(C)C2CCNC2)cc1OC. The van der Waals surface area contributed by atoms with Crippen molar-refractivity contribution in [3.63, 3.8) is 0 Å². The van der Waals surface area contributed by atoms with Crippen molar-refractivity contribution in [2.45, 2.75) is 32.2 Å². The maximum absolute atomic E-state index is 12.3. The number of methoxy groups -OCH3 is 1. The fourth-order valence-corrected chi connectivity index (χ4v) is 2.74. The Kier molecular flexibility index (Phi) is 6.07. The van der Waals surface area contributed by atoms with E-state index in [2.05, 4.69) is 5.32 Å². The van der Waals surface area contributed by atoms with Crippen molar-refractivity contribution < 1.29 is 14.3 Å². The third kappa shape index (κ3) is 4.13. The molecule has 1 aliphatic rings. The summed E-state index contributed by atoms with van der Waals surface area (Å²) in [5.74, 6) is 1.66. The third-order valence-electron chi connectivity index (χ3n) is 4.13. The Morgan fingerprint density at radius 1 is 1.41 bits per heavy atom. The molecule has 1 aromatic rings. The van der Waals surface area contributed by atoms with E-state index in [9.17, 15) is 4.79 Å². The largest absolute Gasteiger partial charge is 0.493 e. The summed E-state index contributed by atoms with van der Waals surface area (Å²) in [6.07, 6.45) is 2.27. The summed E-state index contributed by atoms with van der Waals surface area (Å²) in [7, 11) is 3.53. The van der Waals surface area contributed by atoms with Crippen LogP contribution in [0.1, 0.15) is 25.3 Å². The average Bonchev–Trinajstić information content (AvgIpc) is 3.07. The molecule has 0 radical (unpaired) electrons. The molecule has 5 nitrogen and oxygen atoms in total. The van der Waals surface area contributed by atoms with Crippen LogP contribution in [0.15, 0.2) is 18.2 Å². The lowest BCUT2D eigenvalue weighted by Crippen LogP contribution is -2.38. The number of hydrogen-bond donors (Lipinski definition) is 1. The van der Waals surface area contributed by atoms with Gasteiger partial charge in [-0.3, -0.25) is 4.79 Å². The maximum atomic E-state index is 12.3. The van der Waals surface area contributed by atoms with Crippen LogP contribution < -0.4 is 14.8 Å². The lowest BCUT2D eigenvalue weighted by molar-refractivity contribution is -0.131. The van der Waals surface area contributed by atoms with Crippen molar-refractivity contribution in [1.29, 1.82) is 0 Å². The number of likely N-dealkylation sites (N-methyl/N-ethyl adjacent to an activating group) is 1. The molecular weight excluding hydrogens is 280 g/mol. The van der Waals surface area contributed by atoms with Crippen molar-refractivity contribution in [2.75, 3.05) is 33.9 Å². The van der Waals surface area contributed by atoms with Crippen LogP contribution in [-0.4, -0.2) is 50.7 Å².